The second-order valence-corrected chi connectivity index (χ2v) is 5.98. The number of nitrogens with one attached hydrogen (secondary N) is 1. The Morgan fingerprint density at radius 1 is 1.04 bits per heavy atom. The van der Waals surface area contributed by atoms with Crippen molar-refractivity contribution >= 4 is 17.4 Å². The number of amides is 1. The summed E-state index contributed by atoms with van der Waals surface area (Å²) in [6.07, 6.45) is 1.20. The van der Waals surface area contributed by atoms with E-state index in [0.29, 0.717) is 17.1 Å². The van der Waals surface area contributed by atoms with Crippen molar-refractivity contribution in [2.24, 2.45) is 0 Å². The van der Waals surface area contributed by atoms with Crippen LogP contribution in [0.1, 0.15) is 27.7 Å². The first-order valence-electron chi connectivity index (χ1n) is 8.01. The molecule has 0 saturated carbocycles. The summed E-state index contributed by atoms with van der Waals surface area (Å²) in [5.41, 5.74) is 2.75. The predicted molar refractivity (Wildman–Crippen MR) is 95.0 cm³/mol. The summed E-state index contributed by atoms with van der Waals surface area (Å²) in [4.78, 5) is 18.9. The minimum Gasteiger partial charge on any atom is -0.359 e. The van der Waals surface area contributed by atoms with Crippen molar-refractivity contribution in [2.45, 2.75) is 13.1 Å². The van der Waals surface area contributed by atoms with E-state index in [4.69, 9.17) is 0 Å². The minimum atomic E-state index is -0.518. The van der Waals surface area contributed by atoms with Crippen molar-refractivity contribution < 1.29 is 9.18 Å². The fourth-order valence-corrected chi connectivity index (χ4v) is 3.02. The van der Waals surface area contributed by atoms with Crippen LogP contribution in [0, 0.1) is 12.7 Å². The van der Waals surface area contributed by atoms with Gasteiger partial charge in [0, 0.05) is 17.3 Å². The molecule has 0 radical (unpaired) electrons. The topological polar surface area (TPSA) is 45.2 Å². The largest absolute Gasteiger partial charge is 0.359 e. The number of aryl methyl sites for hydroxylation is 1. The number of nitrogens with zero attached hydrogens (tertiary/aromatic N) is 2. The Morgan fingerprint density at radius 2 is 1.80 bits per heavy atom. The molecule has 1 N–H and O–H groups in total. The summed E-state index contributed by atoms with van der Waals surface area (Å²) >= 11 is 0. The van der Waals surface area contributed by atoms with E-state index < -0.39 is 6.17 Å². The zero-order valence-electron chi connectivity index (χ0n) is 13.6. The Bertz CT molecular complexity index is 940. The maximum absolute atomic E-state index is 14.1. The third-order valence-corrected chi connectivity index (χ3v) is 4.27. The number of halogens is 1. The maximum atomic E-state index is 14.1. The van der Waals surface area contributed by atoms with Gasteiger partial charge in [-0.1, -0.05) is 36.4 Å². The van der Waals surface area contributed by atoms with Gasteiger partial charge in [0.2, 0.25) is 0 Å². The lowest BCUT2D eigenvalue weighted by molar-refractivity contribution is 0.0992. The Balaban J connectivity index is 1.80. The highest BCUT2D eigenvalue weighted by atomic mass is 19.1. The lowest BCUT2D eigenvalue weighted by atomic mass is 10.1. The standard InChI is InChI=1S/C20H16FN3O/c1-13-10-11-18(22-12-13)24-19(23-17-9-5-4-8-16(17)21)14-6-2-3-7-15(14)20(24)25/h2-12,19,23H,1H3/t19-/m0/s1. The highest BCUT2D eigenvalue weighted by molar-refractivity contribution is 6.11. The van der Waals surface area contributed by atoms with Gasteiger partial charge in [0.05, 0.1) is 5.69 Å². The first kappa shape index (κ1) is 15.3. The van der Waals surface area contributed by atoms with Gasteiger partial charge in [-0.3, -0.25) is 9.69 Å². The maximum Gasteiger partial charge on any atom is 0.261 e. The summed E-state index contributed by atoms with van der Waals surface area (Å²) in [7, 11) is 0. The van der Waals surface area contributed by atoms with Crippen LogP contribution in [0.15, 0.2) is 66.9 Å². The van der Waals surface area contributed by atoms with E-state index in [9.17, 15) is 9.18 Å². The van der Waals surface area contributed by atoms with Crippen LogP contribution in [0.25, 0.3) is 0 Å². The quantitative estimate of drug-likeness (QED) is 0.777. The molecule has 0 saturated heterocycles. The van der Waals surface area contributed by atoms with Gasteiger partial charge >= 0.3 is 0 Å². The van der Waals surface area contributed by atoms with E-state index in [1.807, 2.05) is 31.2 Å². The normalized spacial score (nSPS) is 16.0. The fourth-order valence-electron chi connectivity index (χ4n) is 3.02. The molecule has 2 aromatic carbocycles. The van der Waals surface area contributed by atoms with Crippen molar-refractivity contribution in [1.29, 1.82) is 0 Å². The molecule has 0 unspecified atom stereocenters. The van der Waals surface area contributed by atoms with Gasteiger partial charge in [0.15, 0.2) is 0 Å². The van der Waals surface area contributed by atoms with Crippen LogP contribution >= 0.6 is 0 Å². The third kappa shape index (κ3) is 2.63. The van der Waals surface area contributed by atoms with E-state index in [-0.39, 0.29) is 11.7 Å². The second-order valence-electron chi connectivity index (χ2n) is 5.98. The van der Waals surface area contributed by atoms with Crippen LogP contribution in [0.5, 0.6) is 0 Å². The van der Waals surface area contributed by atoms with Crippen molar-refractivity contribution in [3.05, 3.63) is 89.4 Å². The Kier molecular flexibility index (Phi) is 3.69. The smallest absolute Gasteiger partial charge is 0.261 e. The summed E-state index contributed by atoms with van der Waals surface area (Å²) < 4.78 is 14.1. The van der Waals surface area contributed by atoms with Crippen LogP contribution in [0.2, 0.25) is 0 Å². The van der Waals surface area contributed by atoms with E-state index in [2.05, 4.69) is 10.3 Å². The van der Waals surface area contributed by atoms with Gasteiger partial charge in [0.1, 0.15) is 17.8 Å². The lowest BCUT2D eigenvalue weighted by Gasteiger charge is -2.26. The lowest BCUT2D eigenvalue weighted by Crippen LogP contribution is -2.33. The molecule has 5 heteroatoms. The van der Waals surface area contributed by atoms with Crippen molar-refractivity contribution in [2.75, 3.05) is 10.2 Å². The summed E-state index contributed by atoms with van der Waals surface area (Å²) in [5, 5.41) is 3.15. The van der Waals surface area contributed by atoms with Crippen molar-refractivity contribution in [3.8, 4) is 0 Å². The van der Waals surface area contributed by atoms with Gasteiger partial charge in [-0.25, -0.2) is 9.37 Å². The number of hydrogen-bond acceptors (Lipinski definition) is 3. The molecule has 0 bridgehead atoms. The van der Waals surface area contributed by atoms with Gasteiger partial charge < -0.3 is 5.32 Å². The zero-order valence-corrected chi connectivity index (χ0v) is 13.6. The van der Waals surface area contributed by atoms with E-state index in [0.717, 1.165) is 11.1 Å². The molecular weight excluding hydrogens is 317 g/mol. The number of carbonyl (C=O) groups is 1. The predicted octanol–water partition coefficient (Wildman–Crippen LogP) is 4.30. The number of benzene rings is 2. The number of aromatic nitrogens is 1. The van der Waals surface area contributed by atoms with Crippen LogP contribution < -0.4 is 10.2 Å². The van der Waals surface area contributed by atoms with Crippen LogP contribution in [-0.4, -0.2) is 10.9 Å². The number of fused-ring (bicyclic) bond motifs is 1. The Labute approximate surface area is 144 Å². The molecule has 0 aliphatic carbocycles. The summed E-state index contributed by atoms with van der Waals surface area (Å²) in [6.45, 7) is 1.94. The Hall–Kier alpha value is -3.21. The van der Waals surface area contributed by atoms with E-state index >= 15 is 0 Å². The molecule has 3 aromatic rings. The summed E-state index contributed by atoms with van der Waals surface area (Å²) in [6, 6.07) is 17.5. The highest BCUT2D eigenvalue weighted by Gasteiger charge is 2.38. The molecule has 124 valence electrons. The van der Waals surface area contributed by atoms with Gasteiger partial charge in [-0.2, -0.15) is 0 Å². The first-order valence-corrected chi connectivity index (χ1v) is 8.01. The number of anilines is 2. The molecular formula is C20H16FN3O. The molecule has 1 aliphatic heterocycles. The van der Waals surface area contributed by atoms with E-state index in [1.54, 1.807) is 41.4 Å². The van der Waals surface area contributed by atoms with E-state index in [1.165, 1.54) is 6.07 Å². The molecule has 2 heterocycles. The molecule has 0 spiro atoms. The van der Waals surface area contributed by atoms with Crippen LogP contribution in [-0.2, 0) is 0 Å². The molecule has 4 nitrogen and oxygen atoms in total. The number of carbonyl (C=O) groups excluding carboxylic acids is 1. The number of para-hydroxylation sites is 1. The number of rotatable bonds is 3. The molecule has 0 fully saturated rings. The van der Waals surface area contributed by atoms with Gasteiger partial charge in [0.25, 0.3) is 5.91 Å². The highest BCUT2D eigenvalue weighted by Crippen LogP contribution is 2.37. The number of hydrogen-bond donors (Lipinski definition) is 1. The molecule has 4 rings (SSSR count). The molecule has 1 aliphatic rings. The molecule has 1 aromatic heterocycles. The summed E-state index contributed by atoms with van der Waals surface area (Å²) in [5.74, 6) is 0.0116. The van der Waals surface area contributed by atoms with Gasteiger partial charge in [-0.05, 0) is 36.8 Å². The van der Waals surface area contributed by atoms with Crippen LogP contribution in [0.3, 0.4) is 0 Å². The third-order valence-electron chi connectivity index (χ3n) is 4.27. The van der Waals surface area contributed by atoms with Crippen LogP contribution in [0.4, 0.5) is 15.9 Å². The number of pyridine rings is 1. The second kappa shape index (κ2) is 6.02. The van der Waals surface area contributed by atoms with Crippen molar-refractivity contribution in [3.63, 3.8) is 0 Å². The minimum absolute atomic E-state index is 0.152. The monoisotopic (exact) mass is 333 g/mol. The molecule has 1 amide bonds. The zero-order chi connectivity index (χ0) is 17.4. The molecule has 25 heavy (non-hydrogen) atoms. The van der Waals surface area contributed by atoms with Gasteiger partial charge in [-0.15, -0.1) is 0 Å². The van der Waals surface area contributed by atoms with Crippen molar-refractivity contribution in [1.82, 2.24) is 4.98 Å². The molecule has 1 atom stereocenters. The average Bonchev–Trinajstić information content (AvgIpc) is 2.90. The fraction of sp³-hybridized carbons (Fsp3) is 0.100. The SMILES string of the molecule is Cc1ccc(N2C(=O)c3ccccc3[C@H]2Nc2ccccc2F)nc1. The Morgan fingerprint density at radius 3 is 2.56 bits per heavy atom. The average molecular weight is 333 g/mol. The first-order chi connectivity index (χ1) is 12.1.